The number of fused-ring (bicyclic) bond motifs is 4. The standard InChI is InChI=1S/C27H27N3O3S/c1-16-10-12-21(17(2)14-16)28-25(31)23-24-20-15-19(32-4)11-13-22(20)33-27(23,3)30(26(34)29-24)18-8-6-5-7-9-18/h5-15,23-24H,1-4H3,(H,28,31)(H,29,34)/t23-,24+,27+/m1/s1. The van der Waals surface area contributed by atoms with Crippen molar-refractivity contribution in [2.24, 2.45) is 5.92 Å². The van der Waals surface area contributed by atoms with Crippen LogP contribution in [0.15, 0.2) is 66.7 Å². The lowest BCUT2D eigenvalue weighted by Crippen LogP contribution is -2.72. The van der Waals surface area contributed by atoms with Crippen LogP contribution in [0.25, 0.3) is 0 Å². The maximum Gasteiger partial charge on any atom is 0.236 e. The van der Waals surface area contributed by atoms with Gasteiger partial charge in [0.25, 0.3) is 0 Å². The number of benzene rings is 3. The van der Waals surface area contributed by atoms with Crippen LogP contribution < -0.4 is 25.0 Å². The Bertz CT molecular complexity index is 1280. The Labute approximate surface area is 204 Å². The highest BCUT2D eigenvalue weighted by molar-refractivity contribution is 7.80. The first-order chi connectivity index (χ1) is 16.3. The molecule has 3 atom stereocenters. The van der Waals surface area contributed by atoms with Gasteiger partial charge in [-0.1, -0.05) is 35.9 Å². The van der Waals surface area contributed by atoms with E-state index in [1.54, 1.807) is 7.11 Å². The molecule has 34 heavy (non-hydrogen) atoms. The number of ether oxygens (including phenoxy) is 2. The quantitative estimate of drug-likeness (QED) is 0.514. The molecule has 0 aliphatic carbocycles. The number of methoxy groups -OCH3 is 1. The summed E-state index contributed by atoms with van der Waals surface area (Å²) < 4.78 is 12.1. The Kier molecular flexibility index (Phi) is 5.44. The van der Waals surface area contributed by atoms with Crippen LogP contribution in [0.4, 0.5) is 11.4 Å². The van der Waals surface area contributed by atoms with Gasteiger partial charge >= 0.3 is 0 Å². The molecule has 2 bridgehead atoms. The molecule has 0 radical (unpaired) electrons. The number of hydrogen-bond donors (Lipinski definition) is 2. The highest BCUT2D eigenvalue weighted by Gasteiger charge is 2.59. The summed E-state index contributed by atoms with van der Waals surface area (Å²) in [7, 11) is 1.62. The smallest absolute Gasteiger partial charge is 0.236 e. The van der Waals surface area contributed by atoms with Crippen LogP contribution in [0.3, 0.4) is 0 Å². The summed E-state index contributed by atoms with van der Waals surface area (Å²) in [5.74, 6) is 0.626. The zero-order chi connectivity index (χ0) is 24.0. The number of carbonyl (C=O) groups is 1. The molecule has 1 amide bonds. The van der Waals surface area contributed by atoms with Crippen molar-refractivity contribution in [3.63, 3.8) is 0 Å². The van der Waals surface area contributed by atoms with E-state index in [9.17, 15) is 4.79 Å². The van der Waals surface area contributed by atoms with E-state index in [1.807, 2.05) is 86.3 Å². The minimum atomic E-state index is -1.06. The highest BCUT2D eigenvalue weighted by atomic mass is 32.1. The summed E-state index contributed by atoms with van der Waals surface area (Å²) in [5, 5.41) is 7.08. The molecule has 0 unspecified atom stereocenters. The Morgan fingerprint density at radius 3 is 2.59 bits per heavy atom. The second kappa shape index (κ2) is 8.33. The summed E-state index contributed by atoms with van der Waals surface area (Å²) in [4.78, 5) is 15.8. The van der Waals surface area contributed by atoms with Gasteiger partial charge in [-0.05, 0) is 75.0 Å². The third-order valence-electron chi connectivity index (χ3n) is 6.64. The molecule has 2 N–H and O–H groups in total. The second-order valence-electron chi connectivity index (χ2n) is 8.94. The van der Waals surface area contributed by atoms with E-state index in [0.717, 1.165) is 28.1 Å². The lowest BCUT2D eigenvalue weighted by molar-refractivity contribution is -0.130. The van der Waals surface area contributed by atoms with E-state index in [2.05, 4.69) is 16.7 Å². The van der Waals surface area contributed by atoms with Gasteiger partial charge < -0.3 is 20.1 Å². The molecule has 2 aliphatic heterocycles. The van der Waals surface area contributed by atoms with E-state index in [0.29, 0.717) is 16.6 Å². The molecule has 7 heteroatoms. The zero-order valence-corrected chi connectivity index (χ0v) is 20.4. The molecule has 2 heterocycles. The Hall–Kier alpha value is -3.58. The first-order valence-electron chi connectivity index (χ1n) is 11.2. The number of anilines is 2. The van der Waals surface area contributed by atoms with Crippen molar-refractivity contribution in [3.8, 4) is 11.5 Å². The molecule has 174 valence electrons. The first kappa shape index (κ1) is 22.2. The molecule has 2 aliphatic rings. The second-order valence-corrected chi connectivity index (χ2v) is 9.33. The van der Waals surface area contributed by atoms with Gasteiger partial charge in [0.1, 0.15) is 17.4 Å². The minimum Gasteiger partial charge on any atom is -0.497 e. The molecule has 1 saturated heterocycles. The van der Waals surface area contributed by atoms with Gasteiger partial charge in [0.15, 0.2) is 10.8 Å². The van der Waals surface area contributed by atoms with E-state index < -0.39 is 11.6 Å². The van der Waals surface area contributed by atoms with Crippen LogP contribution in [0.1, 0.15) is 29.7 Å². The number of carbonyl (C=O) groups excluding carboxylic acids is 1. The molecule has 1 fully saturated rings. The maximum absolute atomic E-state index is 13.9. The molecular formula is C27H27N3O3S. The third kappa shape index (κ3) is 3.56. The average molecular weight is 474 g/mol. The normalized spacial score (nSPS) is 22.8. The molecule has 6 nitrogen and oxygen atoms in total. The summed E-state index contributed by atoms with van der Waals surface area (Å²) in [6, 6.07) is 21.0. The number of para-hydroxylation sites is 1. The average Bonchev–Trinajstić information content (AvgIpc) is 2.80. The minimum absolute atomic E-state index is 0.149. The molecule has 0 spiro atoms. The van der Waals surface area contributed by atoms with Crippen molar-refractivity contribution in [2.45, 2.75) is 32.5 Å². The number of aryl methyl sites for hydroxylation is 2. The lowest BCUT2D eigenvalue weighted by atomic mass is 9.78. The van der Waals surface area contributed by atoms with E-state index in [-0.39, 0.29) is 11.9 Å². The fraction of sp³-hybridized carbons (Fsp3) is 0.259. The van der Waals surface area contributed by atoms with Crippen molar-refractivity contribution < 1.29 is 14.3 Å². The highest BCUT2D eigenvalue weighted by Crippen LogP contribution is 2.50. The van der Waals surface area contributed by atoms with Crippen LogP contribution in [0.2, 0.25) is 0 Å². The van der Waals surface area contributed by atoms with Gasteiger partial charge in [-0.25, -0.2) is 0 Å². The third-order valence-corrected chi connectivity index (χ3v) is 6.94. The van der Waals surface area contributed by atoms with E-state index in [1.165, 1.54) is 0 Å². The van der Waals surface area contributed by atoms with Gasteiger partial charge in [0.2, 0.25) is 5.91 Å². The van der Waals surface area contributed by atoms with Crippen molar-refractivity contribution >= 4 is 34.6 Å². The summed E-state index contributed by atoms with van der Waals surface area (Å²) in [5.41, 5.74) is 3.56. The predicted octanol–water partition coefficient (Wildman–Crippen LogP) is 5.11. The van der Waals surface area contributed by atoms with Crippen LogP contribution in [0, 0.1) is 19.8 Å². The van der Waals surface area contributed by atoms with Crippen LogP contribution in [-0.4, -0.2) is 23.9 Å². The Balaban J connectivity index is 1.63. The summed E-state index contributed by atoms with van der Waals surface area (Å²) >= 11 is 5.80. The zero-order valence-electron chi connectivity index (χ0n) is 19.6. The molecule has 3 aromatic rings. The molecular weight excluding hydrogens is 446 g/mol. The Morgan fingerprint density at radius 2 is 1.88 bits per heavy atom. The summed E-state index contributed by atoms with van der Waals surface area (Å²) in [6.45, 7) is 5.96. The SMILES string of the molecule is COc1ccc2c(c1)[C@@H]1NC(=S)N(c3ccccc3)[C@@](C)(O2)[C@H]1C(=O)Nc1ccc(C)cc1C. The van der Waals surface area contributed by atoms with E-state index in [4.69, 9.17) is 21.7 Å². The predicted molar refractivity (Wildman–Crippen MR) is 137 cm³/mol. The molecule has 5 rings (SSSR count). The number of thiocarbonyl (C=S) groups is 1. The topological polar surface area (TPSA) is 62.8 Å². The summed E-state index contributed by atoms with van der Waals surface area (Å²) in [6.07, 6.45) is 0. The fourth-order valence-corrected chi connectivity index (χ4v) is 5.43. The van der Waals surface area contributed by atoms with Gasteiger partial charge in [-0.3, -0.25) is 9.69 Å². The van der Waals surface area contributed by atoms with Crippen LogP contribution >= 0.6 is 12.2 Å². The van der Waals surface area contributed by atoms with Crippen molar-refractivity contribution in [1.29, 1.82) is 0 Å². The molecule has 0 aromatic heterocycles. The number of hydrogen-bond acceptors (Lipinski definition) is 4. The lowest BCUT2D eigenvalue weighted by Gasteiger charge is -2.56. The van der Waals surface area contributed by atoms with E-state index >= 15 is 0 Å². The van der Waals surface area contributed by atoms with Gasteiger partial charge in [-0.15, -0.1) is 0 Å². The Morgan fingerprint density at radius 1 is 1.12 bits per heavy atom. The first-order valence-corrected chi connectivity index (χ1v) is 11.6. The number of rotatable bonds is 4. The number of nitrogens with zero attached hydrogens (tertiary/aromatic N) is 1. The maximum atomic E-state index is 13.9. The van der Waals surface area contributed by atoms with Crippen LogP contribution in [0.5, 0.6) is 11.5 Å². The fourth-order valence-electron chi connectivity index (χ4n) is 5.02. The van der Waals surface area contributed by atoms with Crippen molar-refractivity contribution in [1.82, 2.24) is 5.32 Å². The van der Waals surface area contributed by atoms with Gasteiger partial charge in [-0.2, -0.15) is 0 Å². The van der Waals surface area contributed by atoms with Gasteiger partial charge in [0, 0.05) is 16.9 Å². The van der Waals surface area contributed by atoms with Crippen molar-refractivity contribution in [2.75, 3.05) is 17.3 Å². The molecule has 3 aromatic carbocycles. The van der Waals surface area contributed by atoms with Crippen LogP contribution in [-0.2, 0) is 4.79 Å². The largest absolute Gasteiger partial charge is 0.497 e. The molecule has 0 saturated carbocycles. The number of amides is 1. The van der Waals surface area contributed by atoms with Crippen molar-refractivity contribution in [3.05, 3.63) is 83.4 Å². The van der Waals surface area contributed by atoms with Gasteiger partial charge in [0.05, 0.1) is 13.2 Å². The number of nitrogens with one attached hydrogen (secondary N) is 2. The monoisotopic (exact) mass is 473 g/mol.